The third kappa shape index (κ3) is 7.35. The van der Waals surface area contributed by atoms with Crippen molar-refractivity contribution in [1.29, 1.82) is 0 Å². The van der Waals surface area contributed by atoms with Crippen LogP contribution in [0.2, 0.25) is 20.1 Å². The fourth-order valence-corrected chi connectivity index (χ4v) is 6.15. The van der Waals surface area contributed by atoms with Crippen LogP contribution in [0.1, 0.15) is 60.6 Å². The van der Waals surface area contributed by atoms with Gasteiger partial charge in [-0.2, -0.15) is 0 Å². The number of phenolic OH excluding ortho intramolecular Hbond substituents is 2. The van der Waals surface area contributed by atoms with Crippen molar-refractivity contribution < 1.29 is 19.8 Å². The number of phenols is 2. The van der Waals surface area contributed by atoms with Gasteiger partial charge in [-0.15, -0.1) is 0 Å². The highest BCUT2D eigenvalue weighted by molar-refractivity contribution is 6.37. The monoisotopic (exact) mass is 622 g/mol. The van der Waals surface area contributed by atoms with Crippen molar-refractivity contribution in [3.8, 4) is 11.5 Å². The van der Waals surface area contributed by atoms with Crippen LogP contribution in [0.15, 0.2) is 54.6 Å². The Morgan fingerprint density at radius 3 is 1.73 bits per heavy atom. The first-order valence-electron chi connectivity index (χ1n) is 13.1. The first-order chi connectivity index (χ1) is 19.2. The predicted octanol–water partition coefficient (Wildman–Crippen LogP) is 7.39. The minimum atomic E-state index is -1.12. The molecule has 1 fully saturated rings. The molecule has 6 nitrogen and oxygen atoms in total. The van der Waals surface area contributed by atoms with E-state index in [1.807, 2.05) is 30.3 Å². The minimum Gasteiger partial charge on any atom is -0.505 e. The number of halogens is 4. The highest BCUT2D eigenvalue weighted by Crippen LogP contribution is 2.43. The molecule has 4 N–H and O–H groups in total. The minimum absolute atomic E-state index is 0.0411. The Morgan fingerprint density at radius 2 is 1.23 bits per heavy atom. The molecular formula is C30H30Cl4N2O4. The molecule has 1 aliphatic rings. The SMILES string of the molecule is O=C(NCCc1ccccc1)C(c1cc(Cl)c(O)c(Cl)c1)C(C(=O)NC1CCCCC1)c1cc(Cl)c(O)c(Cl)c1. The zero-order chi connectivity index (χ0) is 28.8. The van der Waals surface area contributed by atoms with Gasteiger partial charge in [-0.1, -0.05) is 96.0 Å². The summed E-state index contributed by atoms with van der Waals surface area (Å²) in [7, 11) is 0. The summed E-state index contributed by atoms with van der Waals surface area (Å²) < 4.78 is 0. The number of hydrogen-bond donors (Lipinski definition) is 4. The lowest BCUT2D eigenvalue weighted by Crippen LogP contribution is -2.44. The van der Waals surface area contributed by atoms with Crippen LogP contribution in [-0.4, -0.2) is 34.6 Å². The standard InChI is InChI=1S/C30H30Cl4N2O4/c31-21-13-18(14-22(32)27(21)37)25(29(39)35-12-11-17-7-3-1-4-8-17)26(19-15-23(33)28(38)24(34)16-19)30(40)36-20-9-5-2-6-10-20/h1,3-4,7-8,13-16,20,25-26,37-38H,2,5-6,9-12H2,(H,35,39)(H,36,40). The van der Waals surface area contributed by atoms with Gasteiger partial charge in [0.15, 0.2) is 11.5 Å². The zero-order valence-electron chi connectivity index (χ0n) is 21.6. The Morgan fingerprint density at radius 1 is 0.750 bits per heavy atom. The highest BCUT2D eigenvalue weighted by atomic mass is 35.5. The van der Waals surface area contributed by atoms with E-state index in [9.17, 15) is 19.8 Å². The van der Waals surface area contributed by atoms with Gasteiger partial charge in [0.05, 0.1) is 31.9 Å². The van der Waals surface area contributed by atoms with E-state index in [4.69, 9.17) is 46.4 Å². The maximum Gasteiger partial charge on any atom is 0.228 e. The van der Waals surface area contributed by atoms with Crippen LogP contribution in [-0.2, 0) is 16.0 Å². The van der Waals surface area contributed by atoms with Gasteiger partial charge in [0.1, 0.15) is 0 Å². The van der Waals surface area contributed by atoms with Crippen molar-refractivity contribution in [1.82, 2.24) is 10.6 Å². The fraction of sp³-hybridized carbons (Fsp3) is 0.333. The van der Waals surface area contributed by atoms with Gasteiger partial charge in [0.25, 0.3) is 0 Å². The Hall–Kier alpha value is -2.64. The van der Waals surface area contributed by atoms with E-state index >= 15 is 0 Å². The van der Waals surface area contributed by atoms with Crippen molar-refractivity contribution in [3.05, 3.63) is 91.4 Å². The van der Waals surface area contributed by atoms with E-state index in [0.29, 0.717) is 24.1 Å². The number of benzene rings is 3. The van der Waals surface area contributed by atoms with Crippen molar-refractivity contribution in [2.24, 2.45) is 0 Å². The second-order valence-electron chi connectivity index (χ2n) is 9.99. The Bertz CT molecular complexity index is 1320. The lowest BCUT2D eigenvalue weighted by Gasteiger charge is -2.30. The smallest absolute Gasteiger partial charge is 0.228 e. The molecule has 0 heterocycles. The molecule has 3 aromatic carbocycles. The highest BCUT2D eigenvalue weighted by Gasteiger charge is 2.38. The molecule has 3 aromatic rings. The molecule has 0 aromatic heterocycles. The van der Waals surface area contributed by atoms with Crippen LogP contribution in [0.4, 0.5) is 0 Å². The lowest BCUT2D eigenvalue weighted by molar-refractivity contribution is -0.130. The number of aromatic hydroxyl groups is 2. The molecule has 2 amide bonds. The van der Waals surface area contributed by atoms with E-state index < -0.39 is 23.7 Å². The quantitative estimate of drug-likeness (QED) is 0.200. The van der Waals surface area contributed by atoms with Gasteiger partial charge in [-0.05, 0) is 60.2 Å². The average molecular weight is 624 g/mol. The summed E-state index contributed by atoms with van der Waals surface area (Å²) >= 11 is 25.1. The van der Waals surface area contributed by atoms with E-state index in [1.165, 1.54) is 24.3 Å². The number of amides is 2. The molecule has 10 heteroatoms. The molecule has 212 valence electrons. The maximum atomic E-state index is 14.0. The van der Waals surface area contributed by atoms with Crippen molar-refractivity contribution in [3.63, 3.8) is 0 Å². The Kier molecular flexibility index (Phi) is 10.5. The zero-order valence-corrected chi connectivity index (χ0v) is 24.6. The number of carbonyl (C=O) groups is 2. The van der Waals surface area contributed by atoms with Crippen LogP contribution in [0.5, 0.6) is 11.5 Å². The van der Waals surface area contributed by atoms with Crippen LogP contribution in [0.3, 0.4) is 0 Å². The van der Waals surface area contributed by atoms with Crippen LogP contribution in [0, 0.1) is 0 Å². The van der Waals surface area contributed by atoms with Crippen molar-refractivity contribution in [2.45, 2.75) is 56.4 Å². The van der Waals surface area contributed by atoms with E-state index in [2.05, 4.69) is 10.6 Å². The van der Waals surface area contributed by atoms with Gasteiger partial charge in [0, 0.05) is 12.6 Å². The second-order valence-corrected chi connectivity index (χ2v) is 11.6. The van der Waals surface area contributed by atoms with E-state index in [-0.39, 0.29) is 37.6 Å². The molecule has 2 unspecified atom stereocenters. The molecule has 4 rings (SSSR count). The molecule has 40 heavy (non-hydrogen) atoms. The van der Waals surface area contributed by atoms with Crippen LogP contribution < -0.4 is 10.6 Å². The number of carbonyl (C=O) groups excluding carboxylic acids is 2. The normalized spacial score (nSPS) is 15.3. The third-order valence-corrected chi connectivity index (χ3v) is 8.35. The van der Waals surface area contributed by atoms with Crippen molar-refractivity contribution >= 4 is 58.2 Å². The molecule has 0 aliphatic heterocycles. The first kappa shape index (κ1) is 30.3. The summed E-state index contributed by atoms with van der Waals surface area (Å²) in [6.07, 6.45) is 5.35. The molecule has 0 saturated heterocycles. The maximum absolute atomic E-state index is 14.0. The molecular weight excluding hydrogens is 594 g/mol. The van der Waals surface area contributed by atoms with Crippen LogP contribution in [0.25, 0.3) is 0 Å². The summed E-state index contributed by atoms with van der Waals surface area (Å²) in [5.41, 5.74) is 1.71. The summed E-state index contributed by atoms with van der Waals surface area (Å²) in [4.78, 5) is 28.0. The van der Waals surface area contributed by atoms with E-state index in [1.54, 1.807) is 0 Å². The summed E-state index contributed by atoms with van der Waals surface area (Å²) in [6.45, 7) is 0.312. The first-order valence-corrected chi connectivity index (χ1v) is 14.6. The molecule has 2 atom stereocenters. The second kappa shape index (κ2) is 13.8. The molecule has 0 bridgehead atoms. The summed E-state index contributed by atoms with van der Waals surface area (Å²) in [5.74, 6) is -3.71. The number of nitrogens with one attached hydrogen (secondary N) is 2. The lowest BCUT2D eigenvalue weighted by atomic mass is 9.79. The van der Waals surface area contributed by atoms with Gasteiger partial charge in [-0.3, -0.25) is 9.59 Å². The van der Waals surface area contributed by atoms with Crippen LogP contribution >= 0.6 is 46.4 Å². The van der Waals surface area contributed by atoms with Gasteiger partial charge in [0.2, 0.25) is 11.8 Å². The van der Waals surface area contributed by atoms with Gasteiger partial charge >= 0.3 is 0 Å². The predicted molar refractivity (Wildman–Crippen MR) is 160 cm³/mol. The molecule has 0 spiro atoms. The summed E-state index contributed by atoms with van der Waals surface area (Å²) in [6, 6.07) is 15.4. The van der Waals surface area contributed by atoms with E-state index in [0.717, 1.165) is 37.7 Å². The average Bonchev–Trinajstić information content (AvgIpc) is 2.93. The topological polar surface area (TPSA) is 98.7 Å². The number of hydrogen-bond acceptors (Lipinski definition) is 4. The molecule has 1 saturated carbocycles. The Balaban J connectivity index is 1.76. The third-order valence-electron chi connectivity index (χ3n) is 7.20. The fourth-order valence-electron chi connectivity index (χ4n) is 5.14. The number of rotatable bonds is 9. The van der Waals surface area contributed by atoms with Gasteiger partial charge in [-0.25, -0.2) is 0 Å². The van der Waals surface area contributed by atoms with Gasteiger partial charge < -0.3 is 20.8 Å². The summed E-state index contributed by atoms with van der Waals surface area (Å²) in [5, 5.41) is 26.2. The molecule has 0 radical (unpaired) electrons. The molecule has 1 aliphatic carbocycles. The largest absolute Gasteiger partial charge is 0.505 e. The van der Waals surface area contributed by atoms with Crippen molar-refractivity contribution in [2.75, 3.05) is 6.54 Å². The Labute approximate surface area is 253 Å².